The van der Waals surface area contributed by atoms with Crippen molar-refractivity contribution in [2.24, 2.45) is 5.92 Å². The Balaban J connectivity index is 0.000000238. The number of hydrogen-bond donors (Lipinski definition) is 2. The molecule has 5 rings (SSSR count). The minimum Gasteiger partial charge on any atom is -0.496 e. The van der Waals surface area contributed by atoms with Gasteiger partial charge in [-0.15, -0.1) is 0 Å². The van der Waals surface area contributed by atoms with E-state index in [9.17, 15) is 14.7 Å². The Hall–Kier alpha value is -5.48. The standard InChI is InChI=1S/C22H24N2O5.C13H14O5/c1-4-5-10-18-21(14(2)24-29-18)17-12-23-20(27-3)11-19(17)28-13-15-8-6-7-9-16(15)22(25)26;1-8(13(14)15)5-9-3-4-10-12(18-7-17-10)6-11(9)16-2/h6-9,11-12H,4-5,10,13H2,1-3H3,(H,25,26);3,6,8H,5,7H2,1-2H3,(H,14,15). The van der Waals surface area contributed by atoms with Gasteiger partial charge in [-0.2, -0.15) is 0 Å². The van der Waals surface area contributed by atoms with Crippen molar-refractivity contribution in [1.29, 1.82) is 0 Å². The summed E-state index contributed by atoms with van der Waals surface area (Å²) in [4.78, 5) is 26.7. The summed E-state index contributed by atoms with van der Waals surface area (Å²) < 4.78 is 32.6. The van der Waals surface area contributed by atoms with Crippen LogP contribution in [0, 0.1) is 12.8 Å². The smallest absolute Gasteiger partial charge is 0.336 e. The Labute approximate surface area is 272 Å². The largest absolute Gasteiger partial charge is 0.496 e. The average molecular weight is 647 g/mol. The molecule has 2 aliphatic rings. The number of fused-ring (bicyclic) bond motifs is 1. The minimum atomic E-state index is -0.992. The number of aryl methyl sites for hydroxylation is 2. The first-order valence-corrected chi connectivity index (χ1v) is 15.0. The summed E-state index contributed by atoms with van der Waals surface area (Å²) in [5, 5.41) is 22.5. The first-order chi connectivity index (χ1) is 22.7. The lowest BCUT2D eigenvalue weighted by molar-refractivity contribution is -0.141. The number of allylic oxidation sites excluding steroid dienone is 2. The zero-order valence-electron chi connectivity index (χ0n) is 27.0. The number of aromatic nitrogens is 2. The van der Waals surface area contributed by atoms with Crippen LogP contribution in [0.5, 0.6) is 11.6 Å². The molecular formula is C35H38N2O10. The summed E-state index contributed by atoms with van der Waals surface area (Å²) in [6, 6.07) is 8.45. The van der Waals surface area contributed by atoms with Gasteiger partial charge in [0.25, 0.3) is 0 Å². The van der Waals surface area contributed by atoms with Gasteiger partial charge in [-0.05, 0) is 31.9 Å². The highest BCUT2D eigenvalue weighted by Gasteiger charge is 2.23. The SMILES string of the molecule is CCCCc1onc(C)c1-c1cnc(OC)cc1OCc1ccccc1C(=O)O.COC1=C(CC(C)C(=O)O)C=C=C2OCOC2=C1. The molecule has 1 aliphatic carbocycles. The fraction of sp³-hybridized carbons (Fsp3) is 0.343. The molecule has 2 N–H and O–H groups in total. The third-order valence-corrected chi connectivity index (χ3v) is 7.41. The maximum atomic E-state index is 11.5. The summed E-state index contributed by atoms with van der Waals surface area (Å²) in [5.41, 5.74) is 6.84. The second-order valence-corrected chi connectivity index (χ2v) is 10.7. The van der Waals surface area contributed by atoms with Crippen LogP contribution in [0.2, 0.25) is 0 Å². The lowest BCUT2D eigenvalue weighted by atomic mass is 10.0. The lowest BCUT2D eigenvalue weighted by Gasteiger charge is -2.14. The number of aliphatic carboxylic acids is 1. The fourth-order valence-electron chi connectivity index (χ4n) is 4.83. The minimum absolute atomic E-state index is 0.0945. The molecule has 0 saturated carbocycles. The van der Waals surface area contributed by atoms with Gasteiger partial charge in [-0.25, -0.2) is 9.78 Å². The number of hydrogen-bond acceptors (Lipinski definition) is 10. The van der Waals surface area contributed by atoms with Gasteiger partial charge >= 0.3 is 11.9 Å². The van der Waals surface area contributed by atoms with E-state index in [2.05, 4.69) is 22.8 Å². The van der Waals surface area contributed by atoms with Crippen molar-refractivity contribution in [3.8, 4) is 22.8 Å². The monoisotopic (exact) mass is 646 g/mol. The number of nitrogens with zero attached hydrogens (tertiary/aromatic N) is 2. The van der Waals surface area contributed by atoms with Crippen LogP contribution in [-0.4, -0.2) is 53.3 Å². The summed E-state index contributed by atoms with van der Waals surface area (Å²) in [5.74, 6) is 1.03. The van der Waals surface area contributed by atoms with E-state index in [0.717, 1.165) is 47.4 Å². The third kappa shape index (κ3) is 8.62. The van der Waals surface area contributed by atoms with Gasteiger partial charge < -0.3 is 38.4 Å². The van der Waals surface area contributed by atoms with Crippen molar-refractivity contribution in [1.82, 2.24) is 10.1 Å². The third-order valence-electron chi connectivity index (χ3n) is 7.41. The van der Waals surface area contributed by atoms with Gasteiger partial charge in [0.05, 0.1) is 37.0 Å². The summed E-state index contributed by atoms with van der Waals surface area (Å²) in [7, 11) is 3.06. The molecule has 248 valence electrons. The van der Waals surface area contributed by atoms with Gasteiger partial charge in [0.1, 0.15) is 23.9 Å². The molecule has 2 aromatic heterocycles. The van der Waals surface area contributed by atoms with Gasteiger partial charge in [-0.1, -0.05) is 49.4 Å². The number of carbonyl (C=O) groups is 2. The van der Waals surface area contributed by atoms with Crippen LogP contribution in [0.25, 0.3) is 11.1 Å². The second-order valence-electron chi connectivity index (χ2n) is 10.7. The van der Waals surface area contributed by atoms with Gasteiger partial charge in [0, 0.05) is 41.5 Å². The maximum absolute atomic E-state index is 11.5. The number of rotatable bonds is 13. The topological polar surface area (TPSA) is 160 Å². The molecule has 1 saturated heterocycles. The van der Waals surface area contributed by atoms with E-state index < -0.39 is 17.9 Å². The van der Waals surface area contributed by atoms with Crippen LogP contribution in [0.4, 0.5) is 0 Å². The van der Waals surface area contributed by atoms with E-state index in [4.69, 9.17) is 33.3 Å². The first kappa shape index (κ1) is 34.4. The summed E-state index contributed by atoms with van der Waals surface area (Å²) >= 11 is 0. The molecule has 0 radical (unpaired) electrons. The molecule has 47 heavy (non-hydrogen) atoms. The number of carboxylic acid groups (broad SMARTS) is 2. The quantitative estimate of drug-likeness (QED) is 0.192. The predicted octanol–water partition coefficient (Wildman–Crippen LogP) is 6.61. The average Bonchev–Trinajstić information content (AvgIpc) is 3.64. The number of ether oxygens (including phenoxy) is 5. The zero-order valence-corrected chi connectivity index (χ0v) is 27.0. The number of unbranched alkanes of at least 4 members (excludes halogenated alkanes) is 1. The van der Waals surface area contributed by atoms with E-state index in [1.807, 2.05) is 6.92 Å². The number of aromatic carboxylic acids is 1. The highest BCUT2D eigenvalue weighted by atomic mass is 16.7. The Bertz CT molecular complexity index is 1730. The predicted molar refractivity (Wildman–Crippen MR) is 170 cm³/mol. The highest BCUT2D eigenvalue weighted by Crippen LogP contribution is 2.37. The molecule has 0 bridgehead atoms. The van der Waals surface area contributed by atoms with Gasteiger partial charge in [-0.3, -0.25) is 4.79 Å². The molecule has 0 spiro atoms. The number of pyridine rings is 1. The van der Waals surface area contributed by atoms with Crippen LogP contribution in [0.1, 0.15) is 60.5 Å². The molecule has 12 nitrogen and oxygen atoms in total. The number of benzene rings is 1. The Morgan fingerprint density at radius 3 is 2.62 bits per heavy atom. The van der Waals surface area contributed by atoms with Crippen LogP contribution in [0.3, 0.4) is 0 Å². The summed E-state index contributed by atoms with van der Waals surface area (Å²) in [6.07, 6.45) is 8.20. The lowest BCUT2D eigenvalue weighted by Crippen LogP contribution is -2.10. The number of carboxylic acids is 2. The van der Waals surface area contributed by atoms with Crippen LogP contribution < -0.4 is 9.47 Å². The molecule has 3 heterocycles. The molecule has 3 aromatic rings. The van der Waals surface area contributed by atoms with Crippen molar-refractivity contribution < 1.29 is 48.0 Å². The number of methoxy groups -OCH3 is 2. The van der Waals surface area contributed by atoms with Gasteiger partial charge in [0.2, 0.25) is 18.4 Å². The molecule has 12 heteroatoms. The Kier molecular flexibility index (Phi) is 11.8. The highest BCUT2D eigenvalue weighted by molar-refractivity contribution is 5.89. The van der Waals surface area contributed by atoms with Crippen molar-refractivity contribution >= 4 is 11.9 Å². The van der Waals surface area contributed by atoms with E-state index in [0.29, 0.717) is 40.9 Å². The maximum Gasteiger partial charge on any atom is 0.336 e. The van der Waals surface area contributed by atoms with E-state index in [1.54, 1.807) is 55.6 Å². The van der Waals surface area contributed by atoms with Crippen LogP contribution in [0.15, 0.2) is 81.8 Å². The van der Waals surface area contributed by atoms with Crippen molar-refractivity contribution in [3.63, 3.8) is 0 Å². The van der Waals surface area contributed by atoms with Crippen molar-refractivity contribution in [2.45, 2.75) is 53.1 Å². The Morgan fingerprint density at radius 1 is 1.13 bits per heavy atom. The van der Waals surface area contributed by atoms with Crippen molar-refractivity contribution in [3.05, 3.63) is 99.8 Å². The van der Waals surface area contributed by atoms with Crippen LogP contribution >= 0.6 is 0 Å². The van der Waals surface area contributed by atoms with E-state index in [1.165, 1.54) is 14.2 Å². The molecular weight excluding hydrogens is 608 g/mol. The normalized spacial score (nSPS) is 13.9. The van der Waals surface area contributed by atoms with Crippen LogP contribution in [-0.2, 0) is 32.0 Å². The molecule has 1 atom stereocenters. The van der Waals surface area contributed by atoms with E-state index >= 15 is 0 Å². The molecule has 1 unspecified atom stereocenters. The molecule has 1 aromatic carbocycles. The zero-order chi connectivity index (χ0) is 33.9. The van der Waals surface area contributed by atoms with Crippen molar-refractivity contribution in [2.75, 3.05) is 21.0 Å². The fourth-order valence-corrected chi connectivity index (χ4v) is 4.83. The van der Waals surface area contributed by atoms with Gasteiger partial charge in [0.15, 0.2) is 5.76 Å². The van der Waals surface area contributed by atoms with E-state index in [-0.39, 0.29) is 19.0 Å². The summed E-state index contributed by atoms with van der Waals surface area (Å²) in [6.45, 7) is 5.90. The second kappa shape index (κ2) is 16.2. The first-order valence-electron chi connectivity index (χ1n) is 15.0. The molecule has 0 amide bonds. The Morgan fingerprint density at radius 2 is 1.91 bits per heavy atom. The molecule has 1 aliphatic heterocycles. The molecule has 1 fully saturated rings.